The summed E-state index contributed by atoms with van der Waals surface area (Å²) < 4.78 is 0. The molecule has 1 atom stereocenters. The van der Waals surface area contributed by atoms with Crippen molar-refractivity contribution in [2.45, 2.75) is 64.7 Å². The number of rotatable bonds is 6. The van der Waals surface area contributed by atoms with Crippen LogP contribution >= 0.6 is 11.3 Å². The molecule has 1 spiro atoms. The Morgan fingerprint density at radius 1 is 1.27 bits per heavy atom. The first-order chi connectivity index (χ1) is 10.6. The molecule has 118 valence electrons. The van der Waals surface area contributed by atoms with Gasteiger partial charge in [-0.3, -0.25) is 0 Å². The summed E-state index contributed by atoms with van der Waals surface area (Å²) in [5.41, 5.74) is 6.33. The maximum absolute atomic E-state index is 4.40. The van der Waals surface area contributed by atoms with Crippen molar-refractivity contribution in [3.8, 4) is 0 Å². The van der Waals surface area contributed by atoms with Gasteiger partial charge in [0.1, 0.15) is 5.00 Å². The van der Waals surface area contributed by atoms with Gasteiger partial charge in [-0.1, -0.05) is 26.5 Å². The summed E-state index contributed by atoms with van der Waals surface area (Å²) in [4.78, 5) is 1.60. The Morgan fingerprint density at radius 2 is 2.05 bits per heavy atom. The topological polar surface area (TPSA) is 12.0 Å². The van der Waals surface area contributed by atoms with E-state index in [1.807, 2.05) is 11.3 Å². The SMILES string of the molecule is C=C(CCC)c1c(NC(=C)C2CC23CC3)sc2c1CCCC2. The van der Waals surface area contributed by atoms with Crippen LogP contribution < -0.4 is 5.32 Å². The normalized spacial score (nSPS) is 24.0. The quantitative estimate of drug-likeness (QED) is 0.662. The van der Waals surface area contributed by atoms with Gasteiger partial charge in [0.15, 0.2) is 0 Å². The van der Waals surface area contributed by atoms with E-state index in [1.165, 1.54) is 73.2 Å². The molecule has 3 aliphatic carbocycles. The van der Waals surface area contributed by atoms with Gasteiger partial charge in [0.05, 0.1) is 0 Å². The molecule has 1 aromatic heterocycles. The second-order valence-electron chi connectivity index (χ2n) is 7.54. The van der Waals surface area contributed by atoms with E-state index in [4.69, 9.17) is 0 Å². The molecule has 0 saturated heterocycles. The number of anilines is 1. The van der Waals surface area contributed by atoms with Crippen LogP contribution in [0.5, 0.6) is 0 Å². The molecule has 1 N–H and O–H groups in total. The van der Waals surface area contributed by atoms with Crippen LogP contribution in [0.15, 0.2) is 18.9 Å². The van der Waals surface area contributed by atoms with Crippen molar-refractivity contribution in [2.75, 3.05) is 5.32 Å². The zero-order chi connectivity index (χ0) is 15.3. The summed E-state index contributed by atoms with van der Waals surface area (Å²) in [6.45, 7) is 11.0. The van der Waals surface area contributed by atoms with E-state index in [-0.39, 0.29) is 0 Å². The van der Waals surface area contributed by atoms with Gasteiger partial charge < -0.3 is 5.32 Å². The Kier molecular flexibility index (Phi) is 3.48. The van der Waals surface area contributed by atoms with E-state index >= 15 is 0 Å². The Morgan fingerprint density at radius 3 is 2.73 bits per heavy atom. The van der Waals surface area contributed by atoms with Gasteiger partial charge in [-0.05, 0) is 67.9 Å². The largest absolute Gasteiger partial charge is 0.350 e. The van der Waals surface area contributed by atoms with E-state index in [0.29, 0.717) is 5.41 Å². The molecule has 1 heterocycles. The second-order valence-corrected chi connectivity index (χ2v) is 8.64. The number of fused-ring (bicyclic) bond motifs is 1. The molecule has 1 aromatic rings. The lowest BCUT2D eigenvalue weighted by Gasteiger charge is -2.15. The highest BCUT2D eigenvalue weighted by molar-refractivity contribution is 7.16. The van der Waals surface area contributed by atoms with Crippen molar-refractivity contribution in [1.82, 2.24) is 0 Å². The van der Waals surface area contributed by atoms with E-state index in [2.05, 4.69) is 25.4 Å². The van der Waals surface area contributed by atoms with Gasteiger partial charge >= 0.3 is 0 Å². The number of hydrogen-bond donors (Lipinski definition) is 1. The monoisotopic (exact) mass is 313 g/mol. The molecule has 2 heteroatoms. The van der Waals surface area contributed by atoms with Gasteiger partial charge in [-0.25, -0.2) is 0 Å². The summed E-state index contributed by atoms with van der Waals surface area (Å²) in [7, 11) is 0. The lowest BCUT2D eigenvalue weighted by atomic mass is 9.91. The van der Waals surface area contributed by atoms with Gasteiger partial charge in [-0.15, -0.1) is 11.3 Å². The molecule has 1 unspecified atom stereocenters. The smallest absolute Gasteiger partial charge is 0.101 e. The van der Waals surface area contributed by atoms with Crippen LogP contribution in [0.4, 0.5) is 5.00 Å². The highest BCUT2D eigenvalue weighted by Crippen LogP contribution is 2.72. The minimum absolute atomic E-state index is 0.682. The molecule has 0 amide bonds. The first-order valence-electron chi connectivity index (χ1n) is 8.93. The van der Waals surface area contributed by atoms with E-state index < -0.39 is 0 Å². The number of allylic oxidation sites excluding steroid dienone is 2. The van der Waals surface area contributed by atoms with Gasteiger partial charge in [0.25, 0.3) is 0 Å². The van der Waals surface area contributed by atoms with Crippen LogP contribution in [0.3, 0.4) is 0 Å². The highest BCUT2D eigenvalue weighted by atomic mass is 32.1. The van der Waals surface area contributed by atoms with Crippen LogP contribution in [0.1, 0.15) is 67.9 Å². The molecule has 4 rings (SSSR count). The minimum Gasteiger partial charge on any atom is -0.350 e. The zero-order valence-electron chi connectivity index (χ0n) is 13.8. The van der Waals surface area contributed by atoms with E-state index in [0.717, 1.165) is 12.3 Å². The van der Waals surface area contributed by atoms with E-state index in [9.17, 15) is 0 Å². The number of nitrogens with one attached hydrogen (secondary N) is 1. The lowest BCUT2D eigenvalue weighted by Crippen LogP contribution is -2.04. The average molecular weight is 314 g/mol. The highest BCUT2D eigenvalue weighted by Gasteiger charge is 2.63. The number of thiophene rings is 1. The maximum Gasteiger partial charge on any atom is 0.101 e. The lowest BCUT2D eigenvalue weighted by molar-refractivity contribution is 0.695. The van der Waals surface area contributed by atoms with Crippen molar-refractivity contribution in [3.05, 3.63) is 34.9 Å². The maximum atomic E-state index is 4.40. The summed E-state index contributed by atoms with van der Waals surface area (Å²) in [6.07, 6.45) is 11.7. The molecule has 0 aliphatic heterocycles. The molecule has 0 aromatic carbocycles. The molecular weight excluding hydrogens is 286 g/mol. The Hall–Kier alpha value is -1.02. The minimum atomic E-state index is 0.682. The predicted octanol–water partition coefficient (Wildman–Crippen LogP) is 6.17. The third-order valence-electron chi connectivity index (χ3n) is 5.85. The van der Waals surface area contributed by atoms with Gasteiger partial charge in [0, 0.05) is 22.1 Å². The summed E-state index contributed by atoms with van der Waals surface area (Å²) in [5, 5.41) is 5.07. The van der Waals surface area contributed by atoms with Crippen LogP contribution in [-0.4, -0.2) is 0 Å². The van der Waals surface area contributed by atoms with Crippen LogP contribution in [-0.2, 0) is 12.8 Å². The molecule has 22 heavy (non-hydrogen) atoms. The summed E-state index contributed by atoms with van der Waals surface area (Å²) in [6, 6.07) is 0. The third-order valence-corrected chi connectivity index (χ3v) is 7.06. The molecule has 1 nitrogen and oxygen atoms in total. The summed E-state index contributed by atoms with van der Waals surface area (Å²) in [5.74, 6) is 0.735. The first-order valence-corrected chi connectivity index (χ1v) is 9.75. The van der Waals surface area contributed by atoms with Crippen LogP contribution in [0.2, 0.25) is 0 Å². The first kappa shape index (κ1) is 14.6. The molecule has 2 saturated carbocycles. The van der Waals surface area contributed by atoms with Gasteiger partial charge in [-0.2, -0.15) is 0 Å². The van der Waals surface area contributed by atoms with Crippen LogP contribution in [0, 0.1) is 11.3 Å². The third kappa shape index (κ3) is 2.36. The Labute approximate surface area is 138 Å². The summed E-state index contributed by atoms with van der Waals surface area (Å²) >= 11 is 1.98. The van der Waals surface area contributed by atoms with Crippen LogP contribution in [0.25, 0.3) is 5.57 Å². The fourth-order valence-corrected chi connectivity index (χ4v) is 5.61. The van der Waals surface area contributed by atoms with Crippen molar-refractivity contribution < 1.29 is 0 Å². The number of aryl methyl sites for hydroxylation is 1. The Bertz CT molecular complexity index is 632. The van der Waals surface area contributed by atoms with Crippen molar-refractivity contribution in [2.24, 2.45) is 11.3 Å². The number of hydrogen-bond acceptors (Lipinski definition) is 2. The van der Waals surface area contributed by atoms with E-state index in [1.54, 1.807) is 10.4 Å². The zero-order valence-corrected chi connectivity index (χ0v) is 14.6. The van der Waals surface area contributed by atoms with Crippen molar-refractivity contribution in [1.29, 1.82) is 0 Å². The van der Waals surface area contributed by atoms with Crippen molar-refractivity contribution >= 4 is 21.9 Å². The molecular formula is C20H27NS. The van der Waals surface area contributed by atoms with Gasteiger partial charge in [0.2, 0.25) is 0 Å². The van der Waals surface area contributed by atoms with Crippen molar-refractivity contribution in [3.63, 3.8) is 0 Å². The standard InChI is InChI=1S/C20H27NS/c1-4-7-13(2)18-15-8-5-6-9-17(15)22-19(18)21-14(3)16-12-20(16)10-11-20/h16,21H,2-12H2,1H3. The molecule has 2 fully saturated rings. The molecule has 0 bridgehead atoms. The molecule has 3 aliphatic rings. The second kappa shape index (κ2) is 5.26. The molecule has 0 radical (unpaired) electrons. The predicted molar refractivity (Wildman–Crippen MR) is 97.4 cm³/mol. The fraction of sp³-hybridized carbons (Fsp3) is 0.600. The fourth-order valence-electron chi connectivity index (χ4n) is 4.24. The average Bonchev–Trinajstić information content (AvgIpc) is 3.40. The Balaban J connectivity index is 1.61.